The Morgan fingerprint density at radius 1 is 1.39 bits per heavy atom. The molecule has 1 N–H and O–H groups in total. The fourth-order valence-electron chi connectivity index (χ4n) is 2.76. The maximum Gasteiger partial charge on any atom is 0.332 e. The van der Waals surface area contributed by atoms with Crippen molar-refractivity contribution in [1.82, 2.24) is 4.90 Å². The highest BCUT2D eigenvalue weighted by Gasteiger charge is 2.23. The van der Waals surface area contributed by atoms with Gasteiger partial charge < -0.3 is 14.7 Å². The van der Waals surface area contributed by atoms with Gasteiger partial charge in [-0.25, -0.2) is 4.79 Å². The van der Waals surface area contributed by atoms with Crippen LogP contribution in [0.3, 0.4) is 0 Å². The lowest BCUT2D eigenvalue weighted by Gasteiger charge is -2.29. The predicted octanol–water partition coefficient (Wildman–Crippen LogP) is 2.52. The van der Waals surface area contributed by atoms with Gasteiger partial charge in [0.2, 0.25) is 0 Å². The molecule has 0 aromatic rings. The first kappa shape index (κ1) is 15.4. The second-order valence-electron chi connectivity index (χ2n) is 5.02. The Kier molecular flexibility index (Phi) is 7.28. The van der Waals surface area contributed by atoms with E-state index in [-0.39, 0.29) is 0 Å². The van der Waals surface area contributed by atoms with Gasteiger partial charge in [-0.3, -0.25) is 0 Å². The molecule has 2 atom stereocenters. The second-order valence-corrected chi connectivity index (χ2v) is 5.02. The average molecular weight is 257 g/mol. The maximum absolute atomic E-state index is 11.0. The molecule has 4 nitrogen and oxygen atoms in total. The fraction of sp³-hybridized carbons (Fsp3) is 0.929. The zero-order valence-electron chi connectivity index (χ0n) is 11.7. The minimum Gasteiger partial charge on any atom is -0.479 e. The van der Waals surface area contributed by atoms with E-state index < -0.39 is 12.1 Å². The highest BCUT2D eigenvalue weighted by Crippen LogP contribution is 2.19. The minimum absolute atomic E-state index is 0.466. The van der Waals surface area contributed by atoms with Crippen LogP contribution in [0.4, 0.5) is 0 Å². The molecule has 2 unspecified atom stereocenters. The van der Waals surface area contributed by atoms with Gasteiger partial charge in [-0.2, -0.15) is 0 Å². The third kappa shape index (κ3) is 4.94. The van der Waals surface area contributed by atoms with Crippen molar-refractivity contribution in [2.45, 2.75) is 64.5 Å². The monoisotopic (exact) mass is 257 g/mol. The van der Waals surface area contributed by atoms with E-state index >= 15 is 0 Å². The average Bonchev–Trinajstić information content (AvgIpc) is 2.58. The van der Waals surface area contributed by atoms with E-state index in [1.54, 1.807) is 0 Å². The van der Waals surface area contributed by atoms with Crippen molar-refractivity contribution < 1.29 is 14.6 Å². The Bertz CT molecular complexity index is 245. The summed E-state index contributed by atoms with van der Waals surface area (Å²) in [5.74, 6) is -0.834. The lowest BCUT2D eigenvalue weighted by molar-refractivity contribution is -0.150. The summed E-state index contributed by atoms with van der Waals surface area (Å²) < 4.78 is 5.27. The molecule has 0 aromatic heterocycles. The summed E-state index contributed by atoms with van der Waals surface area (Å²) >= 11 is 0. The summed E-state index contributed by atoms with van der Waals surface area (Å²) in [5, 5.41) is 9.07. The Morgan fingerprint density at radius 3 is 2.78 bits per heavy atom. The Labute approximate surface area is 110 Å². The van der Waals surface area contributed by atoms with Gasteiger partial charge in [0, 0.05) is 19.2 Å². The molecule has 106 valence electrons. The van der Waals surface area contributed by atoms with E-state index in [9.17, 15) is 4.79 Å². The molecule has 0 aromatic carbocycles. The quantitative estimate of drug-likeness (QED) is 0.761. The predicted molar refractivity (Wildman–Crippen MR) is 71.8 cm³/mol. The van der Waals surface area contributed by atoms with Crippen molar-refractivity contribution in [2.24, 2.45) is 0 Å². The standard InChI is InChI=1S/C14H27NO3/c1-3-12-8-6-5-7-10-15(12)11-9-13(14(16)17)18-4-2/h12-13H,3-11H2,1-2H3,(H,16,17). The number of aliphatic carboxylic acids is 1. The van der Waals surface area contributed by atoms with Crippen LogP contribution in [0, 0.1) is 0 Å². The molecule has 4 heteroatoms. The van der Waals surface area contributed by atoms with E-state index in [0.717, 1.165) is 19.5 Å². The van der Waals surface area contributed by atoms with Crippen molar-refractivity contribution >= 4 is 5.97 Å². The van der Waals surface area contributed by atoms with Crippen LogP contribution in [0.25, 0.3) is 0 Å². The Balaban J connectivity index is 2.44. The van der Waals surface area contributed by atoms with Crippen molar-refractivity contribution in [3.05, 3.63) is 0 Å². The van der Waals surface area contributed by atoms with Crippen LogP contribution in [-0.4, -0.2) is 47.8 Å². The third-order valence-corrected chi connectivity index (χ3v) is 3.79. The van der Waals surface area contributed by atoms with Crippen LogP contribution in [0.2, 0.25) is 0 Å². The zero-order valence-corrected chi connectivity index (χ0v) is 11.7. The molecule has 0 aliphatic carbocycles. The lowest BCUT2D eigenvalue weighted by Crippen LogP contribution is -2.38. The highest BCUT2D eigenvalue weighted by atomic mass is 16.5. The first-order valence-electron chi connectivity index (χ1n) is 7.27. The van der Waals surface area contributed by atoms with Crippen LogP contribution in [0.15, 0.2) is 0 Å². The number of rotatable bonds is 7. The first-order valence-corrected chi connectivity index (χ1v) is 7.27. The lowest BCUT2D eigenvalue weighted by atomic mass is 10.1. The SMILES string of the molecule is CCOC(CCN1CCCCCC1CC)C(=O)O. The van der Waals surface area contributed by atoms with Gasteiger partial charge in [-0.15, -0.1) is 0 Å². The molecule has 0 radical (unpaired) electrons. The largest absolute Gasteiger partial charge is 0.479 e. The van der Waals surface area contributed by atoms with Gasteiger partial charge in [0.05, 0.1) is 0 Å². The zero-order chi connectivity index (χ0) is 13.4. The van der Waals surface area contributed by atoms with Gasteiger partial charge in [-0.1, -0.05) is 19.8 Å². The third-order valence-electron chi connectivity index (χ3n) is 3.79. The van der Waals surface area contributed by atoms with Crippen LogP contribution in [-0.2, 0) is 9.53 Å². The van der Waals surface area contributed by atoms with Crippen LogP contribution < -0.4 is 0 Å². The van der Waals surface area contributed by atoms with Gasteiger partial charge in [-0.05, 0) is 39.2 Å². The smallest absolute Gasteiger partial charge is 0.332 e. The Morgan fingerprint density at radius 2 is 2.17 bits per heavy atom. The molecule has 0 saturated carbocycles. The van der Waals surface area contributed by atoms with E-state index in [2.05, 4.69) is 11.8 Å². The van der Waals surface area contributed by atoms with Crippen molar-refractivity contribution in [1.29, 1.82) is 0 Å². The van der Waals surface area contributed by atoms with Gasteiger partial charge in [0.15, 0.2) is 6.10 Å². The van der Waals surface area contributed by atoms with E-state index in [1.165, 1.54) is 25.7 Å². The molecule has 1 saturated heterocycles. The maximum atomic E-state index is 11.0. The van der Waals surface area contributed by atoms with Crippen LogP contribution in [0.5, 0.6) is 0 Å². The summed E-state index contributed by atoms with van der Waals surface area (Å²) in [6, 6.07) is 0.628. The summed E-state index contributed by atoms with van der Waals surface area (Å²) in [6.07, 6.45) is 6.22. The summed E-state index contributed by atoms with van der Waals surface area (Å²) in [4.78, 5) is 13.5. The van der Waals surface area contributed by atoms with E-state index in [4.69, 9.17) is 9.84 Å². The summed E-state index contributed by atoms with van der Waals surface area (Å²) in [5.41, 5.74) is 0. The fourth-order valence-corrected chi connectivity index (χ4v) is 2.76. The summed E-state index contributed by atoms with van der Waals surface area (Å²) in [6.45, 7) is 6.48. The summed E-state index contributed by atoms with van der Waals surface area (Å²) in [7, 11) is 0. The molecular formula is C14H27NO3. The molecule has 1 heterocycles. The molecule has 0 spiro atoms. The molecule has 0 bridgehead atoms. The van der Waals surface area contributed by atoms with E-state index in [1.807, 2.05) is 6.92 Å². The van der Waals surface area contributed by atoms with Crippen molar-refractivity contribution in [3.63, 3.8) is 0 Å². The number of hydrogen-bond acceptors (Lipinski definition) is 3. The van der Waals surface area contributed by atoms with Gasteiger partial charge in [0.1, 0.15) is 0 Å². The molecule has 18 heavy (non-hydrogen) atoms. The number of ether oxygens (including phenoxy) is 1. The molecule has 1 rings (SSSR count). The number of nitrogens with zero attached hydrogens (tertiary/aromatic N) is 1. The molecule has 1 aliphatic heterocycles. The molecule has 1 aliphatic rings. The number of carboxylic acids is 1. The first-order chi connectivity index (χ1) is 8.69. The van der Waals surface area contributed by atoms with Gasteiger partial charge in [0.25, 0.3) is 0 Å². The number of likely N-dealkylation sites (tertiary alicyclic amines) is 1. The highest BCUT2D eigenvalue weighted by molar-refractivity contribution is 5.72. The second kappa shape index (κ2) is 8.48. The van der Waals surface area contributed by atoms with Gasteiger partial charge >= 0.3 is 5.97 Å². The molecule has 1 fully saturated rings. The molecule has 0 amide bonds. The number of carbonyl (C=O) groups is 1. The molecular weight excluding hydrogens is 230 g/mol. The van der Waals surface area contributed by atoms with Crippen molar-refractivity contribution in [2.75, 3.05) is 19.7 Å². The van der Waals surface area contributed by atoms with E-state index in [0.29, 0.717) is 19.1 Å². The Hall–Kier alpha value is -0.610. The van der Waals surface area contributed by atoms with Crippen LogP contribution >= 0.6 is 0 Å². The topological polar surface area (TPSA) is 49.8 Å². The normalized spacial score (nSPS) is 23.6. The van der Waals surface area contributed by atoms with Crippen molar-refractivity contribution in [3.8, 4) is 0 Å². The minimum atomic E-state index is -0.834. The number of carboxylic acid groups (broad SMARTS) is 1. The number of hydrogen-bond donors (Lipinski definition) is 1. The van der Waals surface area contributed by atoms with Crippen LogP contribution in [0.1, 0.15) is 52.4 Å².